The summed E-state index contributed by atoms with van der Waals surface area (Å²) in [4.78, 5) is 0. The zero-order valence-electron chi connectivity index (χ0n) is 17.9. The molecular formula is C24H26F3N3O. The van der Waals surface area contributed by atoms with Gasteiger partial charge >= 0.3 is 6.18 Å². The number of halogens is 3. The van der Waals surface area contributed by atoms with Gasteiger partial charge in [0, 0.05) is 5.70 Å². The van der Waals surface area contributed by atoms with E-state index in [9.17, 15) is 18.4 Å². The molecular weight excluding hydrogens is 403 g/mol. The first kappa shape index (κ1) is 22.9. The van der Waals surface area contributed by atoms with E-state index in [-0.39, 0.29) is 0 Å². The van der Waals surface area contributed by atoms with Gasteiger partial charge < -0.3 is 0 Å². The fourth-order valence-electron chi connectivity index (χ4n) is 4.33. The van der Waals surface area contributed by atoms with Crippen molar-refractivity contribution in [3.63, 3.8) is 0 Å². The van der Waals surface area contributed by atoms with Crippen LogP contribution in [0.15, 0.2) is 59.8 Å². The second-order valence-corrected chi connectivity index (χ2v) is 7.87. The van der Waals surface area contributed by atoms with Crippen molar-refractivity contribution in [3.05, 3.63) is 70.9 Å². The minimum atomic E-state index is -4.46. The van der Waals surface area contributed by atoms with Gasteiger partial charge in [-0.2, -0.15) is 18.4 Å². The molecule has 0 amide bonds. The first-order valence-corrected chi connectivity index (χ1v) is 10.3. The molecule has 0 radical (unpaired) electrons. The maximum Gasteiger partial charge on any atom is 0.407 e. The molecule has 0 aromatic heterocycles. The van der Waals surface area contributed by atoms with E-state index in [1.54, 1.807) is 26.0 Å². The SMILES string of the molecule is CCCCC1(c2ccccc2-c2ccc(C#N)cc2)C(C)=C(C)N(CC(F)(F)F)N1O. The van der Waals surface area contributed by atoms with E-state index in [2.05, 4.69) is 6.07 Å². The van der Waals surface area contributed by atoms with Crippen LogP contribution >= 0.6 is 0 Å². The van der Waals surface area contributed by atoms with Crippen molar-refractivity contribution >= 4 is 0 Å². The fourth-order valence-corrected chi connectivity index (χ4v) is 4.33. The Morgan fingerprint density at radius 1 is 1.06 bits per heavy atom. The van der Waals surface area contributed by atoms with E-state index >= 15 is 0 Å². The lowest BCUT2D eigenvalue weighted by Crippen LogP contribution is -2.50. The molecule has 4 nitrogen and oxygen atoms in total. The highest BCUT2D eigenvalue weighted by molar-refractivity contribution is 5.70. The summed E-state index contributed by atoms with van der Waals surface area (Å²) in [5.41, 5.74) is 2.86. The molecule has 0 fully saturated rings. The molecule has 1 heterocycles. The van der Waals surface area contributed by atoms with Crippen LogP contribution in [0.5, 0.6) is 0 Å². The molecule has 1 aliphatic heterocycles. The zero-order valence-corrected chi connectivity index (χ0v) is 17.9. The van der Waals surface area contributed by atoms with Crippen molar-refractivity contribution < 1.29 is 18.4 Å². The minimum absolute atomic E-state index is 0.394. The van der Waals surface area contributed by atoms with Crippen molar-refractivity contribution in [1.82, 2.24) is 10.2 Å². The Labute approximate surface area is 180 Å². The molecule has 31 heavy (non-hydrogen) atoms. The summed E-state index contributed by atoms with van der Waals surface area (Å²) < 4.78 is 39.8. The number of hydroxylamine groups is 1. The van der Waals surface area contributed by atoms with Crippen LogP contribution in [0.25, 0.3) is 11.1 Å². The maximum absolute atomic E-state index is 13.3. The zero-order chi connectivity index (χ0) is 22.8. The fraction of sp³-hybridized carbons (Fsp3) is 0.375. The second-order valence-electron chi connectivity index (χ2n) is 7.87. The van der Waals surface area contributed by atoms with E-state index in [0.717, 1.165) is 39.7 Å². The number of alkyl halides is 3. The van der Waals surface area contributed by atoms with Gasteiger partial charge in [-0.15, -0.1) is 0 Å². The summed E-state index contributed by atoms with van der Waals surface area (Å²) >= 11 is 0. The molecule has 3 rings (SSSR count). The minimum Gasteiger partial charge on any atom is -0.293 e. The molecule has 0 bridgehead atoms. The number of hydrogen-bond acceptors (Lipinski definition) is 4. The van der Waals surface area contributed by atoms with E-state index in [4.69, 9.17) is 5.26 Å². The van der Waals surface area contributed by atoms with Gasteiger partial charge in [0.15, 0.2) is 0 Å². The molecule has 1 unspecified atom stereocenters. The second kappa shape index (κ2) is 8.74. The summed E-state index contributed by atoms with van der Waals surface area (Å²) in [6.07, 6.45) is -2.44. The van der Waals surface area contributed by atoms with Crippen LogP contribution in [0, 0.1) is 11.3 Å². The van der Waals surface area contributed by atoms with E-state index in [1.165, 1.54) is 0 Å². The molecule has 7 heteroatoms. The predicted octanol–water partition coefficient (Wildman–Crippen LogP) is 6.39. The standard InChI is InChI=1S/C24H26F3N3O/c1-4-5-14-23(17(2)18(3)29(30(23)31)16-24(25,26)27)22-9-7-6-8-21(22)20-12-10-19(15-28)11-13-20/h6-13,31H,4-5,14,16H2,1-3H3. The van der Waals surface area contributed by atoms with Crippen LogP contribution in [-0.4, -0.2) is 28.1 Å². The van der Waals surface area contributed by atoms with Crippen LogP contribution in [-0.2, 0) is 5.54 Å². The molecule has 1 aliphatic rings. The van der Waals surface area contributed by atoms with Crippen LogP contribution in [0.1, 0.15) is 51.2 Å². The van der Waals surface area contributed by atoms with Gasteiger partial charge in [0.2, 0.25) is 0 Å². The van der Waals surface area contributed by atoms with Gasteiger partial charge in [-0.25, -0.2) is 0 Å². The van der Waals surface area contributed by atoms with Crippen molar-refractivity contribution in [2.75, 3.05) is 6.54 Å². The van der Waals surface area contributed by atoms with Gasteiger partial charge in [0.25, 0.3) is 0 Å². The van der Waals surface area contributed by atoms with Crippen LogP contribution in [0.3, 0.4) is 0 Å². The molecule has 2 aromatic carbocycles. The largest absolute Gasteiger partial charge is 0.407 e. The number of nitrogens with zero attached hydrogens (tertiary/aromatic N) is 3. The van der Waals surface area contributed by atoms with Gasteiger partial charge in [-0.1, -0.05) is 61.3 Å². The number of benzene rings is 2. The van der Waals surface area contributed by atoms with E-state index in [0.29, 0.717) is 23.3 Å². The molecule has 2 aromatic rings. The molecule has 1 N–H and O–H groups in total. The summed E-state index contributed by atoms with van der Waals surface area (Å²) in [7, 11) is 0. The summed E-state index contributed by atoms with van der Waals surface area (Å²) in [5.74, 6) is 0. The third-order valence-electron chi connectivity index (χ3n) is 6.04. The quantitative estimate of drug-likeness (QED) is 0.578. The number of hydrogen-bond donors (Lipinski definition) is 1. The molecule has 0 saturated carbocycles. The predicted molar refractivity (Wildman–Crippen MR) is 113 cm³/mol. The third kappa shape index (κ3) is 4.18. The Morgan fingerprint density at radius 3 is 2.29 bits per heavy atom. The Kier molecular flexibility index (Phi) is 6.44. The topological polar surface area (TPSA) is 50.5 Å². The maximum atomic E-state index is 13.3. The lowest BCUT2D eigenvalue weighted by Gasteiger charge is -2.41. The van der Waals surface area contributed by atoms with Gasteiger partial charge in [-0.3, -0.25) is 10.2 Å². The lowest BCUT2D eigenvalue weighted by atomic mass is 9.76. The van der Waals surface area contributed by atoms with Gasteiger partial charge in [0.1, 0.15) is 12.1 Å². The van der Waals surface area contributed by atoms with Crippen molar-refractivity contribution in [2.45, 2.75) is 51.7 Å². The average Bonchev–Trinajstić information content (AvgIpc) is 2.92. The van der Waals surface area contributed by atoms with Crippen LogP contribution in [0.4, 0.5) is 13.2 Å². The molecule has 164 valence electrons. The number of allylic oxidation sites excluding steroid dienone is 1. The van der Waals surface area contributed by atoms with Crippen LogP contribution in [0.2, 0.25) is 0 Å². The Bertz CT molecular complexity index is 1010. The normalized spacial score (nSPS) is 19.7. The van der Waals surface area contributed by atoms with Crippen molar-refractivity contribution in [2.24, 2.45) is 0 Å². The number of nitriles is 1. The van der Waals surface area contributed by atoms with Crippen molar-refractivity contribution in [3.8, 4) is 17.2 Å². The van der Waals surface area contributed by atoms with E-state index < -0.39 is 18.3 Å². The lowest BCUT2D eigenvalue weighted by molar-refractivity contribution is -0.298. The van der Waals surface area contributed by atoms with Crippen molar-refractivity contribution in [1.29, 1.82) is 5.26 Å². The molecule has 0 aliphatic carbocycles. The Balaban J connectivity index is 2.20. The van der Waals surface area contributed by atoms with Gasteiger partial charge in [0.05, 0.1) is 11.6 Å². The first-order chi connectivity index (χ1) is 14.7. The number of rotatable bonds is 6. The number of hydrazine groups is 1. The van der Waals surface area contributed by atoms with Gasteiger partial charge in [-0.05, 0) is 54.7 Å². The summed E-state index contributed by atoms with van der Waals surface area (Å²) in [6.45, 7) is 4.15. The van der Waals surface area contributed by atoms with E-state index in [1.807, 2.05) is 43.3 Å². The highest BCUT2D eigenvalue weighted by Gasteiger charge is 2.52. The Morgan fingerprint density at radius 2 is 1.71 bits per heavy atom. The number of unbranched alkanes of at least 4 members (excludes halogenated alkanes) is 1. The molecule has 0 saturated heterocycles. The summed E-state index contributed by atoms with van der Waals surface area (Å²) in [6, 6.07) is 16.6. The third-order valence-corrected chi connectivity index (χ3v) is 6.04. The first-order valence-electron chi connectivity index (χ1n) is 10.3. The highest BCUT2D eigenvalue weighted by Crippen LogP contribution is 2.50. The monoisotopic (exact) mass is 429 g/mol. The Hall–Kier alpha value is -2.82. The summed E-state index contributed by atoms with van der Waals surface area (Å²) in [5, 5.41) is 22.0. The van der Waals surface area contributed by atoms with Crippen LogP contribution < -0.4 is 0 Å². The molecule has 1 atom stereocenters. The highest BCUT2D eigenvalue weighted by atomic mass is 19.4. The average molecular weight is 429 g/mol. The smallest absolute Gasteiger partial charge is 0.293 e. The molecule has 0 spiro atoms.